The lowest BCUT2D eigenvalue weighted by molar-refractivity contribution is 0.0251. The fourth-order valence-corrected chi connectivity index (χ4v) is 0.646. The average Bonchev–Trinajstić information content (AvgIpc) is 2.03. The van der Waals surface area contributed by atoms with Crippen molar-refractivity contribution in [1.29, 1.82) is 0 Å². The highest BCUT2D eigenvalue weighted by molar-refractivity contribution is 6.17. The Morgan fingerprint density at radius 3 is 2.00 bits per heavy atom. The molecule has 0 rings (SSSR count). The van der Waals surface area contributed by atoms with E-state index in [0.717, 1.165) is 6.61 Å². The summed E-state index contributed by atoms with van der Waals surface area (Å²) in [5.74, 6) is 0. The van der Waals surface area contributed by atoms with Crippen LogP contribution in [0.15, 0.2) is 0 Å². The molecular weight excluding hydrogens is 168 g/mol. The van der Waals surface area contributed by atoms with E-state index in [1.54, 1.807) is 0 Å². The predicted molar refractivity (Wildman–Crippen MR) is 44.0 cm³/mol. The normalized spacial score (nSPS) is 10.4. The summed E-state index contributed by atoms with van der Waals surface area (Å²) in [6, 6.07) is 0.231. The molecule has 11 heavy (non-hydrogen) atoms. The zero-order valence-corrected chi connectivity index (χ0v) is 7.60. The highest BCUT2D eigenvalue weighted by Crippen LogP contribution is 1.81. The number of hydrogen-bond acceptors (Lipinski definition) is 3. The number of halogens is 1. The van der Waals surface area contributed by atoms with Gasteiger partial charge in [-0.25, -0.2) is 0 Å². The second kappa shape index (κ2) is 10.2. The lowest BCUT2D eigenvalue weighted by Gasteiger charge is -2.03. The second-order valence-electron chi connectivity index (χ2n) is 1.83. The van der Waals surface area contributed by atoms with Gasteiger partial charge in [0.15, 0.2) is 0 Å². The molecule has 0 aromatic carbocycles. The van der Waals surface area contributed by atoms with Crippen LogP contribution in [0.1, 0.15) is 6.92 Å². The highest BCUT2D eigenvalue weighted by Gasteiger charge is 1.87. The lowest BCUT2D eigenvalue weighted by Crippen LogP contribution is -2.08. The fraction of sp³-hybridized carbons (Fsp3) is 1.00. The summed E-state index contributed by atoms with van der Waals surface area (Å²) in [7, 11) is 0. The molecule has 68 valence electrons. The Kier molecular flexibility index (Phi) is 10.3. The van der Waals surface area contributed by atoms with E-state index in [-0.39, 0.29) is 6.07 Å². The summed E-state index contributed by atoms with van der Waals surface area (Å²) in [6.07, 6.45) is 0. The molecule has 0 aromatic rings. The molecular formula is C7H15ClO3. The molecule has 0 amide bonds. The van der Waals surface area contributed by atoms with Gasteiger partial charge in [0, 0.05) is 6.61 Å². The van der Waals surface area contributed by atoms with Crippen molar-refractivity contribution >= 4 is 11.6 Å². The Bertz CT molecular complexity index is 62.7. The number of ether oxygens (including phenoxy) is 3. The predicted octanol–water partition coefficient (Wildman–Crippen LogP) is 1.25. The van der Waals surface area contributed by atoms with Crippen molar-refractivity contribution in [3.63, 3.8) is 0 Å². The molecule has 0 unspecified atom stereocenters. The first-order chi connectivity index (χ1) is 5.41. The van der Waals surface area contributed by atoms with Gasteiger partial charge in [0.05, 0.1) is 26.4 Å². The molecule has 0 atom stereocenters. The van der Waals surface area contributed by atoms with E-state index in [0.29, 0.717) is 26.4 Å². The van der Waals surface area contributed by atoms with Crippen molar-refractivity contribution in [3.05, 3.63) is 0 Å². The van der Waals surface area contributed by atoms with E-state index in [1.807, 2.05) is 6.92 Å². The Labute approximate surface area is 72.6 Å². The summed E-state index contributed by atoms with van der Waals surface area (Å²) in [6.45, 7) is 5.10. The maximum absolute atomic E-state index is 5.26. The van der Waals surface area contributed by atoms with Crippen molar-refractivity contribution < 1.29 is 14.2 Å². The van der Waals surface area contributed by atoms with Crippen LogP contribution in [0.25, 0.3) is 0 Å². The summed E-state index contributed by atoms with van der Waals surface area (Å²) in [5.41, 5.74) is 0. The Morgan fingerprint density at radius 1 is 0.909 bits per heavy atom. The third kappa shape index (κ3) is 10.2. The third-order valence-corrected chi connectivity index (χ3v) is 1.18. The van der Waals surface area contributed by atoms with Gasteiger partial charge in [0.1, 0.15) is 6.07 Å². The van der Waals surface area contributed by atoms with Crippen molar-refractivity contribution in [2.75, 3.05) is 39.1 Å². The molecule has 0 fully saturated rings. The molecule has 0 aliphatic rings. The number of hydrogen-bond donors (Lipinski definition) is 0. The van der Waals surface area contributed by atoms with Crippen LogP contribution >= 0.6 is 11.6 Å². The molecule has 3 nitrogen and oxygen atoms in total. The molecule has 0 heterocycles. The minimum absolute atomic E-state index is 0.231. The summed E-state index contributed by atoms with van der Waals surface area (Å²) < 4.78 is 15.0. The molecule has 0 saturated heterocycles. The van der Waals surface area contributed by atoms with Gasteiger partial charge in [0.2, 0.25) is 0 Å². The highest BCUT2D eigenvalue weighted by atomic mass is 35.5. The van der Waals surface area contributed by atoms with Crippen LogP contribution in [-0.4, -0.2) is 39.1 Å². The van der Waals surface area contributed by atoms with Crippen molar-refractivity contribution in [1.82, 2.24) is 0 Å². The number of rotatable bonds is 8. The minimum Gasteiger partial charge on any atom is -0.379 e. The van der Waals surface area contributed by atoms with Crippen LogP contribution < -0.4 is 0 Å². The first-order valence-electron chi connectivity index (χ1n) is 3.71. The van der Waals surface area contributed by atoms with E-state index in [1.165, 1.54) is 0 Å². The van der Waals surface area contributed by atoms with E-state index in [4.69, 9.17) is 25.8 Å². The molecule has 0 aromatic heterocycles. The average molecular weight is 183 g/mol. The Hall–Kier alpha value is 0.170. The monoisotopic (exact) mass is 182 g/mol. The maximum atomic E-state index is 5.26. The summed E-state index contributed by atoms with van der Waals surface area (Å²) >= 11 is 5.26. The quantitative estimate of drug-likeness (QED) is 0.418. The SMILES string of the molecule is CCOCCOCCOCCl. The second-order valence-corrected chi connectivity index (χ2v) is 2.04. The van der Waals surface area contributed by atoms with Crippen LogP contribution in [0.3, 0.4) is 0 Å². The molecule has 0 saturated carbocycles. The third-order valence-electron chi connectivity index (χ3n) is 1.03. The fourth-order valence-electron chi connectivity index (χ4n) is 0.537. The minimum atomic E-state index is 0.231. The molecule has 0 bridgehead atoms. The van der Waals surface area contributed by atoms with Gasteiger partial charge >= 0.3 is 0 Å². The topological polar surface area (TPSA) is 27.7 Å². The first kappa shape index (κ1) is 11.2. The summed E-state index contributed by atoms with van der Waals surface area (Å²) in [4.78, 5) is 0. The van der Waals surface area contributed by atoms with Crippen molar-refractivity contribution in [3.8, 4) is 0 Å². The largest absolute Gasteiger partial charge is 0.379 e. The van der Waals surface area contributed by atoms with Gasteiger partial charge in [-0.15, -0.1) is 0 Å². The zero-order chi connectivity index (χ0) is 8.36. The summed E-state index contributed by atoms with van der Waals surface area (Å²) in [5, 5.41) is 0. The van der Waals surface area contributed by atoms with Crippen molar-refractivity contribution in [2.45, 2.75) is 6.92 Å². The van der Waals surface area contributed by atoms with Crippen LogP contribution in [-0.2, 0) is 14.2 Å². The smallest absolute Gasteiger partial charge is 0.120 e. The molecule has 0 N–H and O–H groups in total. The van der Waals surface area contributed by atoms with E-state index < -0.39 is 0 Å². The van der Waals surface area contributed by atoms with Crippen LogP contribution in [0, 0.1) is 0 Å². The maximum Gasteiger partial charge on any atom is 0.120 e. The molecule has 0 spiro atoms. The molecule has 0 aliphatic heterocycles. The Balaban J connectivity index is 2.69. The van der Waals surface area contributed by atoms with E-state index in [2.05, 4.69) is 0 Å². The molecule has 4 heteroatoms. The van der Waals surface area contributed by atoms with Gasteiger partial charge in [-0.2, -0.15) is 0 Å². The van der Waals surface area contributed by atoms with Gasteiger partial charge in [0.25, 0.3) is 0 Å². The van der Waals surface area contributed by atoms with Crippen molar-refractivity contribution in [2.24, 2.45) is 0 Å². The van der Waals surface area contributed by atoms with Gasteiger partial charge < -0.3 is 14.2 Å². The first-order valence-corrected chi connectivity index (χ1v) is 4.24. The van der Waals surface area contributed by atoms with Crippen LogP contribution in [0.4, 0.5) is 0 Å². The van der Waals surface area contributed by atoms with Gasteiger partial charge in [-0.1, -0.05) is 11.6 Å². The van der Waals surface area contributed by atoms with Crippen LogP contribution in [0.2, 0.25) is 0 Å². The van der Waals surface area contributed by atoms with E-state index >= 15 is 0 Å². The molecule has 0 radical (unpaired) electrons. The number of alkyl halides is 1. The Morgan fingerprint density at radius 2 is 1.45 bits per heavy atom. The zero-order valence-electron chi connectivity index (χ0n) is 6.85. The van der Waals surface area contributed by atoms with Gasteiger partial charge in [-0.05, 0) is 6.92 Å². The molecule has 0 aliphatic carbocycles. The van der Waals surface area contributed by atoms with Crippen LogP contribution in [0.5, 0.6) is 0 Å². The van der Waals surface area contributed by atoms with Gasteiger partial charge in [-0.3, -0.25) is 0 Å². The lowest BCUT2D eigenvalue weighted by atomic mass is 10.7. The standard InChI is InChI=1S/C7H15ClO3/c1-2-9-3-4-10-5-6-11-7-8/h2-7H2,1H3. The van der Waals surface area contributed by atoms with E-state index in [9.17, 15) is 0 Å².